The minimum Gasteiger partial charge on any atom is -0.372 e. The molecule has 118 valence electrons. The molecule has 2 atom stereocenters. The Morgan fingerprint density at radius 2 is 2.29 bits per heavy atom. The molecule has 1 aromatic carbocycles. The molecular formula is C15H22Cl2N2O2. The van der Waals surface area contributed by atoms with Gasteiger partial charge in [-0.15, -0.1) is 12.4 Å². The minimum atomic E-state index is -0.0463. The number of carbonyl (C=O) groups excluding carboxylic acids is 1. The topological polar surface area (TPSA) is 50.4 Å². The molecular weight excluding hydrogens is 311 g/mol. The lowest BCUT2D eigenvalue weighted by Gasteiger charge is -2.25. The number of hydrogen-bond donors (Lipinski definition) is 2. The lowest BCUT2D eigenvalue weighted by molar-refractivity contribution is -0.119. The van der Waals surface area contributed by atoms with Crippen LogP contribution in [0.1, 0.15) is 24.2 Å². The Labute approximate surface area is 137 Å². The lowest BCUT2D eigenvalue weighted by atomic mass is 9.94. The average molecular weight is 333 g/mol. The maximum absolute atomic E-state index is 11.1. The summed E-state index contributed by atoms with van der Waals surface area (Å²) in [7, 11) is 0. The maximum atomic E-state index is 11.1. The zero-order valence-corrected chi connectivity index (χ0v) is 13.9. The van der Waals surface area contributed by atoms with Gasteiger partial charge in [0.05, 0.1) is 12.7 Å². The molecule has 21 heavy (non-hydrogen) atoms. The highest BCUT2D eigenvalue weighted by Gasteiger charge is 2.26. The molecule has 6 heteroatoms. The highest BCUT2D eigenvalue weighted by atomic mass is 35.5. The average Bonchev–Trinajstić information content (AvgIpc) is 2.65. The molecule has 2 N–H and O–H groups in total. The van der Waals surface area contributed by atoms with Crippen LogP contribution in [0.3, 0.4) is 0 Å². The van der Waals surface area contributed by atoms with E-state index in [9.17, 15) is 4.79 Å². The third kappa shape index (κ3) is 5.15. The lowest BCUT2D eigenvalue weighted by Crippen LogP contribution is -2.35. The van der Waals surface area contributed by atoms with Crippen molar-refractivity contribution < 1.29 is 9.53 Å². The van der Waals surface area contributed by atoms with Gasteiger partial charge in [0.1, 0.15) is 0 Å². The number of ether oxygens (including phenoxy) is 1. The summed E-state index contributed by atoms with van der Waals surface area (Å²) in [5, 5.41) is 6.97. The summed E-state index contributed by atoms with van der Waals surface area (Å²) in [6.45, 7) is 6.41. The van der Waals surface area contributed by atoms with Crippen LogP contribution in [-0.4, -0.2) is 32.1 Å². The molecule has 1 saturated heterocycles. The van der Waals surface area contributed by atoms with Gasteiger partial charge in [0.2, 0.25) is 5.91 Å². The van der Waals surface area contributed by atoms with Crippen LogP contribution in [0.15, 0.2) is 18.2 Å². The largest absolute Gasteiger partial charge is 0.372 e. The van der Waals surface area contributed by atoms with Gasteiger partial charge < -0.3 is 15.4 Å². The summed E-state index contributed by atoms with van der Waals surface area (Å²) < 4.78 is 5.96. The molecule has 0 aliphatic carbocycles. The number of benzene rings is 1. The van der Waals surface area contributed by atoms with Crippen molar-refractivity contribution in [1.29, 1.82) is 0 Å². The van der Waals surface area contributed by atoms with Crippen LogP contribution in [-0.2, 0) is 9.53 Å². The first-order valence-electron chi connectivity index (χ1n) is 6.90. The molecule has 0 spiro atoms. The maximum Gasteiger partial charge on any atom is 0.216 e. The van der Waals surface area contributed by atoms with Crippen molar-refractivity contribution >= 4 is 29.9 Å². The Kier molecular flexibility index (Phi) is 7.46. The second-order valence-electron chi connectivity index (χ2n) is 5.20. The van der Waals surface area contributed by atoms with Gasteiger partial charge in [-0.05, 0) is 24.1 Å². The number of aryl methyl sites for hydroxylation is 1. The Bertz CT molecular complexity index is 483. The number of carbonyl (C=O) groups is 1. The molecule has 1 amide bonds. The van der Waals surface area contributed by atoms with E-state index in [0.717, 1.165) is 29.2 Å². The third-order valence-electron chi connectivity index (χ3n) is 3.55. The smallest absolute Gasteiger partial charge is 0.216 e. The minimum absolute atomic E-state index is 0. The van der Waals surface area contributed by atoms with E-state index in [4.69, 9.17) is 16.3 Å². The van der Waals surface area contributed by atoms with E-state index in [2.05, 4.69) is 16.7 Å². The van der Waals surface area contributed by atoms with Crippen LogP contribution in [0.2, 0.25) is 5.02 Å². The molecule has 1 fully saturated rings. The normalized spacial score (nSPS) is 22.0. The van der Waals surface area contributed by atoms with Gasteiger partial charge in [-0.3, -0.25) is 4.79 Å². The van der Waals surface area contributed by atoms with Crippen LogP contribution < -0.4 is 10.6 Å². The highest BCUT2D eigenvalue weighted by Crippen LogP contribution is 2.30. The summed E-state index contributed by atoms with van der Waals surface area (Å²) >= 11 is 6.21. The zero-order valence-electron chi connectivity index (χ0n) is 12.3. The highest BCUT2D eigenvalue weighted by molar-refractivity contribution is 6.31. The molecule has 0 bridgehead atoms. The molecule has 2 rings (SSSR count). The fraction of sp³-hybridized carbons (Fsp3) is 0.533. The van der Waals surface area contributed by atoms with E-state index < -0.39 is 0 Å². The van der Waals surface area contributed by atoms with Crippen LogP contribution in [0.4, 0.5) is 0 Å². The Morgan fingerprint density at radius 1 is 1.52 bits per heavy atom. The second kappa shape index (κ2) is 8.59. The van der Waals surface area contributed by atoms with Crippen molar-refractivity contribution in [2.45, 2.75) is 20.0 Å². The molecule has 1 heterocycles. The summed E-state index contributed by atoms with van der Waals surface area (Å²) in [6.07, 6.45) is -0.0463. The van der Waals surface area contributed by atoms with Crippen LogP contribution >= 0.6 is 24.0 Å². The first kappa shape index (κ1) is 18.2. The second-order valence-corrected chi connectivity index (χ2v) is 5.61. The van der Waals surface area contributed by atoms with E-state index in [0.29, 0.717) is 13.2 Å². The van der Waals surface area contributed by atoms with Gasteiger partial charge in [0, 0.05) is 37.5 Å². The van der Waals surface area contributed by atoms with Crippen LogP contribution in [0.5, 0.6) is 0 Å². The molecule has 1 aliphatic heterocycles. The monoisotopic (exact) mass is 332 g/mol. The molecule has 1 aliphatic rings. The van der Waals surface area contributed by atoms with Gasteiger partial charge in [0.25, 0.3) is 0 Å². The van der Waals surface area contributed by atoms with E-state index in [1.807, 2.05) is 19.1 Å². The van der Waals surface area contributed by atoms with E-state index in [1.54, 1.807) is 0 Å². The van der Waals surface area contributed by atoms with Gasteiger partial charge in [-0.2, -0.15) is 0 Å². The number of nitrogens with one attached hydrogen (secondary N) is 2. The molecule has 0 unspecified atom stereocenters. The molecule has 1 aromatic rings. The van der Waals surface area contributed by atoms with Crippen molar-refractivity contribution in [3.05, 3.63) is 34.3 Å². The number of halogens is 2. The Morgan fingerprint density at radius 3 is 2.95 bits per heavy atom. The van der Waals surface area contributed by atoms with Crippen LogP contribution in [0.25, 0.3) is 0 Å². The van der Waals surface area contributed by atoms with Crippen molar-refractivity contribution in [1.82, 2.24) is 10.6 Å². The summed E-state index contributed by atoms with van der Waals surface area (Å²) in [6, 6.07) is 6.03. The first-order valence-corrected chi connectivity index (χ1v) is 7.28. The Hall–Kier alpha value is -0.810. The summed E-state index contributed by atoms with van der Waals surface area (Å²) in [5.74, 6) is 0.176. The van der Waals surface area contributed by atoms with Crippen LogP contribution in [0, 0.1) is 12.8 Å². The zero-order chi connectivity index (χ0) is 14.5. The fourth-order valence-corrected chi connectivity index (χ4v) is 2.59. The number of amides is 1. The molecule has 0 aromatic heterocycles. The van der Waals surface area contributed by atoms with Gasteiger partial charge in [-0.25, -0.2) is 0 Å². The van der Waals surface area contributed by atoms with Crippen molar-refractivity contribution in [3.8, 4) is 0 Å². The van der Waals surface area contributed by atoms with Gasteiger partial charge >= 0.3 is 0 Å². The summed E-state index contributed by atoms with van der Waals surface area (Å²) in [5.41, 5.74) is 2.13. The van der Waals surface area contributed by atoms with Crippen molar-refractivity contribution in [2.24, 2.45) is 5.92 Å². The van der Waals surface area contributed by atoms with E-state index in [-0.39, 0.29) is 30.3 Å². The van der Waals surface area contributed by atoms with Gasteiger partial charge in [0.15, 0.2) is 0 Å². The van der Waals surface area contributed by atoms with Gasteiger partial charge in [-0.1, -0.05) is 23.7 Å². The predicted molar refractivity (Wildman–Crippen MR) is 87.2 cm³/mol. The first-order chi connectivity index (χ1) is 9.58. The number of rotatable bonds is 3. The fourth-order valence-electron chi connectivity index (χ4n) is 2.40. The predicted octanol–water partition coefficient (Wildman–Crippen LogP) is 2.48. The molecule has 4 nitrogen and oxygen atoms in total. The summed E-state index contributed by atoms with van der Waals surface area (Å²) in [4.78, 5) is 11.1. The SMILES string of the molecule is CC(=O)NC[C@H]1CNCCO[C@@H]1c1ccc(C)c(Cl)c1.Cl. The van der Waals surface area contributed by atoms with E-state index >= 15 is 0 Å². The number of hydrogen-bond acceptors (Lipinski definition) is 3. The van der Waals surface area contributed by atoms with E-state index in [1.165, 1.54) is 6.92 Å². The third-order valence-corrected chi connectivity index (χ3v) is 3.96. The van der Waals surface area contributed by atoms with Crippen molar-refractivity contribution in [3.63, 3.8) is 0 Å². The Balaban J connectivity index is 0.00000220. The molecule has 0 saturated carbocycles. The quantitative estimate of drug-likeness (QED) is 0.894. The molecule has 0 radical (unpaired) electrons. The standard InChI is InChI=1S/C15H21ClN2O2.ClH/c1-10-3-4-12(7-14(10)16)15-13(9-18-11(2)19)8-17-5-6-20-15;/h3-4,7,13,15,17H,5-6,8-9H2,1-2H3,(H,18,19);1H/t13-,15-;/m1./s1. The van der Waals surface area contributed by atoms with Crippen molar-refractivity contribution in [2.75, 3.05) is 26.2 Å².